The van der Waals surface area contributed by atoms with E-state index in [0.29, 0.717) is 11.5 Å². The van der Waals surface area contributed by atoms with Gasteiger partial charge in [0.1, 0.15) is 11.6 Å². The number of carbonyl (C=O) groups is 2. The lowest BCUT2D eigenvalue weighted by atomic mass is 10.5. The van der Waals surface area contributed by atoms with Crippen molar-refractivity contribution in [3.8, 4) is 0 Å². The molecule has 0 saturated heterocycles. The van der Waals surface area contributed by atoms with Crippen molar-refractivity contribution in [2.45, 2.75) is 13.8 Å². The van der Waals surface area contributed by atoms with E-state index in [-0.39, 0.29) is 11.6 Å². The van der Waals surface area contributed by atoms with Gasteiger partial charge in [-0.25, -0.2) is 0 Å². The number of Topliss-reactive ketones (excluding diaryl/α,β-unsaturated/α-hetero) is 2. The van der Waals surface area contributed by atoms with Crippen molar-refractivity contribution in [2.24, 2.45) is 0 Å². The van der Waals surface area contributed by atoms with Crippen molar-refractivity contribution >= 4 is 33.2 Å². The second-order valence-electron chi connectivity index (χ2n) is 1.93. The van der Waals surface area contributed by atoms with Crippen LogP contribution in [0.1, 0.15) is 13.8 Å². The van der Waals surface area contributed by atoms with Crippen molar-refractivity contribution < 1.29 is 9.59 Å². The normalized spacial score (nSPS) is 9.40. The van der Waals surface area contributed by atoms with E-state index in [2.05, 4.69) is 0 Å². The van der Waals surface area contributed by atoms with Gasteiger partial charge in [0.25, 0.3) is 0 Å². The summed E-state index contributed by atoms with van der Waals surface area (Å²) in [4.78, 5) is 20.7. The summed E-state index contributed by atoms with van der Waals surface area (Å²) >= 11 is 0. The maximum atomic E-state index is 10.4. The van der Waals surface area contributed by atoms with Crippen molar-refractivity contribution in [3.63, 3.8) is 0 Å². The number of ketones is 2. The van der Waals surface area contributed by atoms with Gasteiger partial charge in [-0.1, -0.05) is 21.6 Å². The third kappa shape index (κ3) is 8.04. The molecule has 0 aromatic rings. The van der Waals surface area contributed by atoms with E-state index in [9.17, 15) is 9.59 Å². The minimum Gasteiger partial charge on any atom is -0.299 e. The Balaban J connectivity index is 3.06. The second kappa shape index (κ2) is 5.80. The summed E-state index contributed by atoms with van der Waals surface area (Å²) in [5, 5.41) is 0. The molecule has 0 bridgehead atoms. The van der Waals surface area contributed by atoms with Gasteiger partial charge < -0.3 is 0 Å². The molecule has 0 unspecified atom stereocenters. The molecule has 2 nitrogen and oxygen atoms in total. The van der Waals surface area contributed by atoms with Crippen LogP contribution in [0.25, 0.3) is 0 Å². The Bertz CT molecular complexity index is 118. The molecule has 0 saturated carbocycles. The molecule has 0 aromatic heterocycles. The first kappa shape index (κ1) is 10.0. The average Bonchev–Trinajstić information content (AvgIpc) is 1.79. The van der Waals surface area contributed by atoms with Crippen LogP contribution in [-0.4, -0.2) is 23.1 Å². The van der Waals surface area contributed by atoms with E-state index in [1.165, 1.54) is 21.6 Å². The fourth-order valence-electron chi connectivity index (χ4n) is 0.249. The summed E-state index contributed by atoms with van der Waals surface area (Å²) in [7, 11) is 2.87. The first-order valence-electron chi connectivity index (χ1n) is 2.86. The largest absolute Gasteiger partial charge is 0.299 e. The predicted molar refractivity (Wildman–Crippen MR) is 46.3 cm³/mol. The molecular formula is C6H10O2S2. The molecule has 0 radical (unpaired) electrons. The summed E-state index contributed by atoms with van der Waals surface area (Å²) in [6.07, 6.45) is 0. The highest BCUT2D eigenvalue weighted by molar-refractivity contribution is 8.77. The highest BCUT2D eigenvalue weighted by Crippen LogP contribution is 2.20. The van der Waals surface area contributed by atoms with E-state index in [1.807, 2.05) is 0 Å². The molecule has 0 aliphatic carbocycles. The van der Waals surface area contributed by atoms with Gasteiger partial charge in [-0.05, 0) is 13.8 Å². The van der Waals surface area contributed by atoms with Crippen LogP contribution < -0.4 is 0 Å². The molecule has 0 rings (SSSR count). The van der Waals surface area contributed by atoms with Crippen LogP contribution in [0.5, 0.6) is 0 Å². The molecule has 58 valence electrons. The van der Waals surface area contributed by atoms with Crippen LogP contribution in [0, 0.1) is 0 Å². The van der Waals surface area contributed by atoms with Gasteiger partial charge in [-0.2, -0.15) is 0 Å². The number of hydrogen-bond acceptors (Lipinski definition) is 4. The quantitative estimate of drug-likeness (QED) is 0.472. The highest BCUT2D eigenvalue weighted by atomic mass is 33.1. The Labute approximate surface area is 68.5 Å². The molecule has 0 amide bonds. The SMILES string of the molecule is CC(=O)CSSCC(C)=O. The molecular weight excluding hydrogens is 168 g/mol. The third-order valence-electron chi connectivity index (χ3n) is 0.608. The van der Waals surface area contributed by atoms with Gasteiger partial charge in [0, 0.05) is 0 Å². The molecule has 10 heavy (non-hydrogen) atoms. The Kier molecular flexibility index (Phi) is 5.82. The monoisotopic (exact) mass is 178 g/mol. The zero-order chi connectivity index (χ0) is 7.98. The molecule has 0 N–H and O–H groups in total. The van der Waals surface area contributed by atoms with Crippen LogP contribution in [0.3, 0.4) is 0 Å². The van der Waals surface area contributed by atoms with E-state index in [4.69, 9.17) is 0 Å². The number of hydrogen-bond donors (Lipinski definition) is 0. The van der Waals surface area contributed by atoms with Crippen LogP contribution in [0.2, 0.25) is 0 Å². The molecule has 0 aromatic carbocycles. The van der Waals surface area contributed by atoms with Crippen LogP contribution in [0.4, 0.5) is 0 Å². The Morgan fingerprint density at radius 3 is 1.50 bits per heavy atom. The third-order valence-corrected chi connectivity index (χ3v) is 3.03. The smallest absolute Gasteiger partial charge is 0.140 e. The van der Waals surface area contributed by atoms with Gasteiger partial charge in [-0.3, -0.25) is 9.59 Å². The van der Waals surface area contributed by atoms with Gasteiger partial charge in [0.15, 0.2) is 0 Å². The molecule has 0 fully saturated rings. The lowest BCUT2D eigenvalue weighted by molar-refractivity contribution is -0.115. The lowest BCUT2D eigenvalue weighted by Crippen LogP contribution is -1.94. The predicted octanol–water partition coefficient (Wildman–Crippen LogP) is 1.55. The fraction of sp³-hybridized carbons (Fsp3) is 0.667. The summed E-state index contributed by atoms with van der Waals surface area (Å²) in [5.41, 5.74) is 0. The maximum Gasteiger partial charge on any atom is 0.140 e. The van der Waals surface area contributed by atoms with Crippen molar-refractivity contribution in [2.75, 3.05) is 11.5 Å². The minimum absolute atomic E-state index is 0.154. The fourth-order valence-corrected chi connectivity index (χ4v) is 2.24. The summed E-state index contributed by atoms with van der Waals surface area (Å²) < 4.78 is 0. The Hall–Kier alpha value is 0.0400. The first-order valence-corrected chi connectivity index (χ1v) is 5.35. The van der Waals surface area contributed by atoms with Gasteiger partial charge in [0.05, 0.1) is 11.5 Å². The van der Waals surface area contributed by atoms with Gasteiger partial charge in [-0.15, -0.1) is 0 Å². The van der Waals surface area contributed by atoms with Crippen molar-refractivity contribution in [1.82, 2.24) is 0 Å². The second-order valence-corrected chi connectivity index (χ2v) is 4.39. The zero-order valence-corrected chi connectivity index (χ0v) is 7.68. The molecule has 0 heterocycles. The summed E-state index contributed by atoms with van der Waals surface area (Å²) in [5.74, 6) is 1.30. The number of carbonyl (C=O) groups excluding carboxylic acids is 2. The number of rotatable bonds is 5. The van der Waals surface area contributed by atoms with E-state index < -0.39 is 0 Å². The van der Waals surface area contributed by atoms with Crippen molar-refractivity contribution in [3.05, 3.63) is 0 Å². The minimum atomic E-state index is 0.154. The summed E-state index contributed by atoms with van der Waals surface area (Å²) in [6, 6.07) is 0. The molecule has 0 spiro atoms. The van der Waals surface area contributed by atoms with Crippen molar-refractivity contribution in [1.29, 1.82) is 0 Å². The average molecular weight is 178 g/mol. The standard InChI is InChI=1S/C6H10O2S2/c1-5(7)3-9-10-4-6(2)8/h3-4H2,1-2H3. The Morgan fingerprint density at radius 1 is 1.00 bits per heavy atom. The lowest BCUT2D eigenvalue weighted by Gasteiger charge is -1.93. The maximum absolute atomic E-state index is 10.4. The molecule has 4 heteroatoms. The van der Waals surface area contributed by atoms with Crippen LogP contribution >= 0.6 is 21.6 Å². The van der Waals surface area contributed by atoms with E-state index in [0.717, 1.165) is 0 Å². The van der Waals surface area contributed by atoms with Gasteiger partial charge >= 0.3 is 0 Å². The molecule has 0 aliphatic rings. The zero-order valence-electron chi connectivity index (χ0n) is 6.05. The van der Waals surface area contributed by atoms with Crippen LogP contribution in [0.15, 0.2) is 0 Å². The van der Waals surface area contributed by atoms with Crippen LogP contribution in [-0.2, 0) is 9.59 Å². The summed E-state index contributed by atoms with van der Waals surface area (Å²) in [6.45, 7) is 3.09. The molecule has 0 atom stereocenters. The molecule has 0 aliphatic heterocycles. The Morgan fingerprint density at radius 2 is 1.30 bits per heavy atom. The first-order chi connectivity index (χ1) is 4.63. The topological polar surface area (TPSA) is 34.1 Å². The highest BCUT2D eigenvalue weighted by Gasteiger charge is 1.96. The van der Waals surface area contributed by atoms with Gasteiger partial charge in [0.2, 0.25) is 0 Å². The van der Waals surface area contributed by atoms with E-state index >= 15 is 0 Å². The van der Waals surface area contributed by atoms with E-state index in [1.54, 1.807) is 13.8 Å².